The third kappa shape index (κ3) is 11.9. The van der Waals surface area contributed by atoms with Crippen molar-refractivity contribution in [2.75, 3.05) is 36.0 Å². The Bertz CT molecular complexity index is 568. The van der Waals surface area contributed by atoms with Gasteiger partial charge in [0.2, 0.25) is 17.7 Å². The molecule has 0 saturated heterocycles. The summed E-state index contributed by atoms with van der Waals surface area (Å²) in [5, 5.41) is 16.9. The van der Waals surface area contributed by atoms with Crippen LogP contribution in [-0.2, 0) is 19.2 Å². The molecule has 30 heavy (non-hydrogen) atoms. The summed E-state index contributed by atoms with van der Waals surface area (Å²) in [5.74, 6) is -0.691. The number of aliphatic carboxylic acids is 1. The molecular formula is C18H34N4O5S3. The lowest BCUT2D eigenvalue weighted by Crippen LogP contribution is -2.56. The van der Waals surface area contributed by atoms with Crippen LogP contribution in [-0.4, -0.2) is 89.0 Å². The fraction of sp³-hybridized carbons (Fsp3) is 0.778. The van der Waals surface area contributed by atoms with E-state index in [1.54, 1.807) is 11.8 Å². The molecule has 0 radical (unpaired) electrons. The van der Waals surface area contributed by atoms with E-state index in [0.29, 0.717) is 24.3 Å². The second kappa shape index (κ2) is 16.6. The molecule has 0 bridgehead atoms. The summed E-state index contributed by atoms with van der Waals surface area (Å²) in [6.45, 7) is 1.47. The molecule has 0 saturated carbocycles. The average molecular weight is 483 g/mol. The van der Waals surface area contributed by atoms with Crippen molar-refractivity contribution < 1.29 is 24.3 Å². The van der Waals surface area contributed by atoms with Gasteiger partial charge in [-0.05, 0) is 62.2 Å². The highest BCUT2D eigenvalue weighted by Crippen LogP contribution is 2.05. The van der Waals surface area contributed by atoms with Crippen molar-refractivity contribution in [2.45, 2.75) is 50.4 Å². The maximum atomic E-state index is 12.6. The van der Waals surface area contributed by atoms with Gasteiger partial charge in [0.05, 0.1) is 6.04 Å². The number of carbonyl (C=O) groups is 4. The van der Waals surface area contributed by atoms with Gasteiger partial charge in [0.15, 0.2) is 0 Å². The molecule has 4 atom stereocenters. The van der Waals surface area contributed by atoms with Gasteiger partial charge in [0, 0.05) is 0 Å². The molecule has 0 aliphatic rings. The predicted octanol–water partition coefficient (Wildman–Crippen LogP) is 0.132. The molecule has 12 heteroatoms. The smallest absolute Gasteiger partial charge is 0.326 e. The van der Waals surface area contributed by atoms with E-state index >= 15 is 0 Å². The zero-order valence-corrected chi connectivity index (χ0v) is 20.4. The largest absolute Gasteiger partial charge is 0.480 e. The van der Waals surface area contributed by atoms with Gasteiger partial charge < -0.3 is 26.8 Å². The number of nitrogens with two attached hydrogens (primary N) is 1. The number of amides is 3. The van der Waals surface area contributed by atoms with Crippen LogP contribution in [0.1, 0.15) is 26.2 Å². The Labute approximate surface area is 191 Å². The van der Waals surface area contributed by atoms with Crippen LogP contribution in [0.2, 0.25) is 0 Å². The second-order valence-corrected chi connectivity index (χ2v) is 9.60. The minimum atomic E-state index is -1.12. The molecule has 3 amide bonds. The van der Waals surface area contributed by atoms with Crippen molar-refractivity contribution in [1.82, 2.24) is 16.0 Å². The first-order chi connectivity index (χ1) is 14.2. The molecule has 9 nitrogen and oxygen atoms in total. The van der Waals surface area contributed by atoms with Crippen molar-refractivity contribution in [3.8, 4) is 0 Å². The highest BCUT2D eigenvalue weighted by Gasteiger charge is 2.27. The van der Waals surface area contributed by atoms with Gasteiger partial charge in [0.25, 0.3) is 0 Å². The maximum Gasteiger partial charge on any atom is 0.326 e. The van der Waals surface area contributed by atoms with Crippen molar-refractivity contribution >= 4 is 59.0 Å². The van der Waals surface area contributed by atoms with Crippen LogP contribution >= 0.6 is 35.3 Å². The summed E-state index contributed by atoms with van der Waals surface area (Å²) in [7, 11) is 0. The number of carboxylic acid groups (broad SMARTS) is 1. The minimum Gasteiger partial charge on any atom is -0.480 e. The van der Waals surface area contributed by atoms with Gasteiger partial charge in [-0.2, -0.15) is 35.3 Å². The molecule has 0 aromatic carbocycles. The van der Waals surface area contributed by atoms with Crippen molar-refractivity contribution in [3.05, 3.63) is 0 Å². The number of carboxylic acids is 1. The summed E-state index contributed by atoms with van der Waals surface area (Å²) in [6, 6.07) is -3.51. The summed E-state index contributed by atoms with van der Waals surface area (Å²) in [4.78, 5) is 48.6. The third-order valence-electron chi connectivity index (χ3n) is 4.19. The van der Waals surface area contributed by atoms with Crippen molar-refractivity contribution in [1.29, 1.82) is 0 Å². The lowest BCUT2D eigenvalue weighted by molar-refractivity contribution is -0.142. The van der Waals surface area contributed by atoms with Crippen LogP contribution in [0.4, 0.5) is 0 Å². The third-order valence-corrected chi connectivity index (χ3v) is 6.12. The van der Waals surface area contributed by atoms with E-state index in [0.717, 1.165) is 5.75 Å². The topological polar surface area (TPSA) is 151 Å². The Balaban J connectivity index is 4.92. The van der Waals surface area contributed by atoms with Gasteiger partial charge in [-0.3, -0.25) is 14.4 Å². The Hall–Kier alpha value is -1.11. The maximum absolute atomic E-state index is 12.6. The molecule has 0 aliphatic carbocycles. The first-order valence-corrected chi connectivity index (χ1v) is 13.7. The van der Waals surface area contributed by atoms with Crippen LogP contribution in [0, 0.1) is 0 Å². The van der Waals surface area contributed by atoms with Gasteiger partial charge >= 0.3 is 5.97 Å². The molecule has 0 heterocycles. The molecular weight excluding hydrogens is 448 g/mol. The zero-order chi connectivity index (χ0) is 23.1. The Kier molecular flexibility index (Phi) is 16.0. The lowest BCUT2D eigenvalue weighted by atomic mass is 10.1. The highest BCUT2D eigenvalue weighted by molar-refractivity contribution is 7.98. The predicted molar refractivity (Wildman–Crippen MR) is 126 cm³/mol. The summed E-state index contributed by atoms with van der Waals surface area (Å²) >= 11 is 4.59. The molecule has 0 rings (SSSR count). The van der Waals surface area contributed by atoms with E-state index in [1.807, 2.05) is 18.8 Å². The number of thioether (sulfide) groups is 3. The van der Waals surface area contributed by atoms with Crippen LogP contribution in [0.3, 0.4) is 0 Å². The van der Waals surface area contributed by atoms with E-state index in [-0.39, 0.29) is 6.42 Å². The van der Waals surface area contributed by atoms with E-state index in [2.05, 4.69) is 16.0 Å². The Morgan fingerprint density at radius 2 is 1.23 bits per heavy atom. The number of carbonyl (C=O) groups excluding carboxylic acids is 3. The molecule has 0 aromatic rings. The van der Waals surface area contributed by atoms with Crippen LogP contribution in [0.5, 0.6) is 0 Å². The molecule has 0 fully saturated rings. The number of nitrogens with one attached hydrogen (secondary N) is 3. The fourth-order valence-corrected chi connectivity index (χ4v) is 3.76. The van der Waals surface area contributed by atoms with Crippen molar-refractivity contribution in [2.24, 2.45) is 5.73 Å². The standard InChI is InChI=1S/C18H34N4O5S3/c1-11(15(23)22-14(18(26)27)7-10-30-4)20-17(25)13(6-9-29-3)21-16(24)12(19)5-8-28-2/h11-14H,5-10,19H2,1-4H3,(H,20,25)(H,21,24)(H,22,23)(H,26,27). The van der Waals surface area contributed by atoms with E-state index < -0.39 is 47.9 Å². The Morgan fingerprint density at radius 1 is 0.767 bits per heavy atom. The number of rotatable bonds is 16. The quantitative estimate of drug-likeness (QED) is 0.207. The van der Waals surface area contributed by atoms with E-state index in [4.69, 9.17) is 5.73 Å². The van der Waals surface area contributed by atoms with Crippen LogP contribution in [0.15, 0.2) is 0 Å². The molecule has 4 unspecified atom stereocenters. The summed E-state index contributed by atoms with van der Waals surface area (Å²) in [6.07, 6.45) is 6.81. The summed E-state index contributed by atoms with van der Waals surface area (Å²) in [5.41, 5.74) is 5.87. The molecule has 174 valence electrons. The van der Waals surface area contributed by atoms with Crippen molar-refractivity contribution in [3.63, 3.8) is 0 Å². The van der Waals surface area contributed by atoms with E-state index in [1.165, 1.54) is 30.4 Å². The normalized spacial score (nSPS) is 14.8. The van der Waals surface area contributed by atoms with Crippen LogP contribution < -0.4 is 21.7 Å². The number of hydrogen-bond donors (Lipinski definition) is 5. The molecule has 0 spiro atoms. The first-order valence-electron chi connectivity index (χ1n) is 9.54. The minimum absolute atomic E-state index is 0.281. The number of hydrogen-bond acceptors (Lipinski definition) is 8. The average Bonchev–Trinajstić information content (AvgIpc) is 2.71. The van der Waals surface area contributed by atoms with Gasteiger partial charge in [0.1, 0.15) is 18.1 Å². The van der Waals surface area contributed by atoms with Crippen LogP contribution in [0.25, 0.3) is 0 Å². The monoisotopic (exact) mass is 482 g/mol. The molecule has 0 aliphatic heterocycles. The van der Waals surface area contributed by atoms with Gasteiger partial charge in [-0.25, -0.2) is 4.79 Å². The second-order valence-electron chi connectivity index (χ2n) is 6.64. The first kappa shape index (κ1) is 28.9. The highest BCUT2D eigenvalue weighted by atomic mass is 32.2. The SMILES string of the molecule is CSCCC(N)C(=O)NC(CCSC)C(=O)NC(C)C(=O)NC(CCSC)C(=O)O. The molecule has 6 N–H and O–H groups in total. The fourth-order valence-electron chi connectivity index (χ4n) is 2.33. The van der Waals surface area contributed by atoms with E-state index in [9.17, 15) is 24.3 Å². The Morgan fingerprint density at radius 3 is 1.73 bits per heavy atom. The molecule has 0 aromatic heterocycles. The lowest BCUT2D eigenvalue weighted by Gasteiger charge is -2.23. The summed E-state index contributed by atoms with van der Waals surface area (Å²) < 4.78 is 0. The van der Waals surface area contributed by atoms with Gasteiger partial charge in [-0.1, -0.05) is 0 Å². The van der Waals surface area contributed by atoms with Gasteiger partial charge in [-0.15, -0.1) is 0 Å². The zero-order valence-electron chi connectivity index (χ0n) is 17.9.